The normalized spacial score (nSPS) is 20.7. The zero-order valence-corrected chi connectivity index (χ0v) is 12.7. The summed E-state index contributed by atoms with van der Waals surface area (Å²) in [6.45, 7) is 5.56. The third-order valence-electron chi connectivity index (χ3n) is 3.75. The van der Waals surface area contributed by atoms with Gasteiger partial charge in [0.15, 0.2) is 5.16 Å². The Morgan fingerprint density at radius 3 is 2.74 bits per heavy atom. The highest BCUT2D eigenvalue weighted by molar-refractivity contribution is 7.99. The molecule has 0 aliphatic heterocycles. The molecule has 1 aromatic rings. The van der Waals surface area contributed by atoms with Crippen LogP contribution in [0.5, 0.6) is 0 Å². The van der Waals surface area contributed by atoms with Gasteiger partial charge in [-0.15, -0.1) is 10.2 Å². The maximum absolute atomic E-state index is 4.45. The summed E-state index contributed by atoms with van der Waals surface area (Å²) in [7, 11) is 0. The molecule has 2 aliphatic carbocycles. The van der Waals surface area contributed by atoms with Crippen molar-refractivity contribution in [3.63, 3.8) is 0 Å². The molecule has 0 aromatic carbocycles. The maximum atomic E-state index is 4.45. The lowest BCUT2D eigenvalue weighted by atomic mass is 10.3. The van der Waals surface area contributed by atoms with Gasteiger partial charge in [-0.2, -0.15) is 0 Å². The molecule has 0 bridgehead atoms. The zero-order chi connectivity index (χ0) is 13.2. The first-order chi connectivity index (χ1) is 9.29. The molecule has 19 heavy (non-hydrogen) atoms. The van der Waals surface area contributed by atoms with Crippen molar-refractivity contribution in [2.45, 2.75) is 69.1 Å². The highest BCUT2D eigenvalue weighted by Gasteiger charge is 2.36. The predicted octanol–water partition coefficient (Wildman–Crippen LogP) is 2.97. The van der Waals surface area contributed by atoms with Crippen LogP contribution in [0.4, 0.5) is 0 Å². The van der Waals surface area contributed by atoms with Gasteiger partial charge in [-0.25, -0.2) is 0 Å². The molecule has 0 saturated heterocycles. The number of rotatable bonds is 8. The zero-order valence-electron chi connectivity index (χ0n) is 11.9. The van der Waals surface area contributed by atoms with Crippen molar-refractivity contribution in [2.24, 2.45) is 0 Å². The molecule has 1 N–H and O–H groups in total. The number of hydrogen-bond acceptors (Lipinski definition) is 4. The minimum absolute atomic E-state index is 0.540. The lowest BCUT2D eigenvalue weighted by Crippen LogP contribution is -2.28. The average Bonchev–Trinajstić information content (AvgIpc) is 3.32. The molecule has 0 radical (unpaired) electrons. The summed E-state index contributed by atoms with van der Waals surface area (Å²) in [4.78, 5) is 0. The predicted molar refractivity (Wildman–Crippen MR) is 78.7 cm³/mol. The highest BCUT2D eigenvalue weighted by atomic mass is 32.2. The van der Waals surface area contributed by atoms with E-state index in [0.717, 1.165) is 17.5 Å². The fraction of sp³-hybridized carbons (Fsp3) is 0.857. The summed E-state index contributed by atoms with van der Waals surface area (Å²) >= 11 is 1.87. The molecular weight excluding hydrogens is 256 g/mol. The van der Waals surface area contributed by atoms with Crippen LogP contribution in [0.2, 0.25) is 0 Å². The molecule has 106 valence electrons. The van der Waals surface area contributed by atoms with E-state index in [-0.39, 0.29) is 0 Å². The molecule has 5 heteroatoms. The van der Waals surface area contributed by atoms with Gasteiger partial charge in [0, 0.05) is 23.8 Å². The summed E-state index contributed by atoms with van der Waals surface area (Å²) in [6.07, 6.45) is 6.44. The molecular formula is C14H24N4S. The molecule has 1 atom stereocenters. The van der Waals surface area contributed by atoms with Crippen LogP contribution >= 0.6 is 11.8 Å². The Hall–Kier alpha value is -0.550. The Morgan fingerprint density at radius 2 is 2.11 bits per heavy atom. The van der Waals surface area contributed by atoms with E-state index < -0.39 is 0 Å². The Morgan fingerprint density at radius 1 is 1.32 bits per heavy atom. The van der Waals surface area contributed by atoms with Gasteiger partial charge in [-0.1, -0.05) is 18.7 Å². The Labute approximate surface area is 119 Å². The van der Waals surface area contributed by atoms with E-state index in [1.54, 1.807) is 0 Å². The smallest absolute Gasteiger partial charge is 0.191 e. The van der Waals surface area contributed by atoms with Gasteiger partial charge in [0.2, 0.25) is 0 Å². The number of nitrogens with one attached hydrogen (secondary N) is 1. The van der Waals surface area contributed by atoms with Crippen LogP contribution in [-0.4, -0.2) is 33.1 Å². The fourth-order valence-corrected chi connectivity index (χ4v) is 3.33. The van der Waals surface area contributed by atoms with E-state index in [9.17, 15) is 0 Å². The van der Waals surface area contributed by atoms with Crippen molar-refractivity contribution >= 4 is 11.8 Å². The molecule has 3 rings (SSSR count). The standard InChI is InChI=1S/C14H24N4S/c1-3-8-15-10(2)9-19-14-17-16-13(11-4-5-11)18(14)12-6-7-12/h10-12,15H,3-9H2,1-2H3. The third-order valence-corrected chi connectivity index (χ3v) is 4.95. The lowest BCUT2D eigenvalue weighted by Gasteiger charge is -2.13. The first-order valence-corrected chi connectivity index (χ1v) is 8.59. The van der Waals surface area contributed by atoms with Crippen molar-refractivity contribution in [2.75, 3.05) is 12.3 Å². The van der Waals surface area contributed by atoms with Crippen LogP contribution in [0, 0.1) is 0 Å². The van der Waals surface area contributed by atoms with Gasteiger partial charge in [-0.3, -0.25) is 0 Å². The monoisotopic (exact) mass is 280 g/mol. The van der Waals surface area contributed by atoms with Crippen molar-refractivity contribution in [3.05, 3.63) is 5.82 Å². The lowest BCUT2D eigenvalue weighted by molar-refractivity contribution is 0.587. The van der Waals surface area contributed by atoms with E-state index in [0.29, 0.717) is 18.0 Å². The topological polar surface area (TPSA) is 42.7 Å². The van der Waals surface area contributed by atoms with Gasteiger partial charge in [0.1, 0.15) is 5.82 Å². The third kappa shape index (κ3) is 3.31. The van der Waals surface area contributed by atoms with Gasteiger partial charge < -0.3 is 9.88 Å². The number of hydrogen-bond donors (Lipinski definition) is 1. The molecule has 4 nitrogen and oxygen atoms in total. The van der Waals surface area contributed by atoms with Crippen LogP contribution in [-0.2, 0) is 0 Å². The summed E-state index contributed by atoms with van der Waals surface area (Å²) < 4.78 is 2.44. The molecule has 0 spiro atoms. The van der Waals surface area contributed by atoms with E-state index >= 15 is 0 Å². The second-order valence-electron chi connectivity index (χ2n) is 5.88. The van der Waals surface area contributed by atoms with Gasteiger partial charge in [-0.05, 0) is 45.6 Å². The largest absolute Gasteiger partial charge is 0.313 e. The second kappa shape index (κ2) is 5.83. The number of nitrogens with zero attached hydrogens (tertiary/aromatic N) is 3. The van der Waals surface area contributed by atoms with Crippen LogP contribution in [0.15, 0.2) is 5.16 Å². The van der Waals surface area contributed by atoms with Crippen LogP contribution < -0.4 is 5.32 Å². The van der Waals surface area contributed by atoms with Crippen LogP contribution in [0.3, 0.4) is 0 Å². The molecule has 2 aliphatic rings. The molecule has 2 saturated carbocycles. The molecule has 2 fully saturated rings. The summed E-state index contributed by atoms with van der Waals surface area (Å²) in [6, 6.07) is 1.24. The first-order valence-electron chi connectivity index (χ1n) is 7.60. The minimum atomic E-state index is 0.540. The molecule has 1 heterocycles. The van der Waals surface area contributed by atoms with E-state index in [1.807, 2.05) is 11.8 Å². The summed E-state index contributed by atoms with van der Waals surface area (Å²) in [5.41, 5.74) is 0. The van der Waals surface area contributed by atoms with E-state index in [2.05, 4.69) is 33.9 Å². The van der Waals surface area contributed by atoms with E-state index in [1.165, 1.54) is 37.9 Å². The molecule has 1 aromatic heterocycles. The first kappa shape index (κ1) is 13.4. The number of thioether (sulfide) groups is 1. The Bertz CT molecular complexity index is 423. The molecule has 1 unspecified atom stereocenters. The minimum Gasteiger partial charge on any atom is -0.313 e. The van der Waals surface area contributed by atoms with Crippen molar-refractivity contribution < 1.29 is 0 Å². The second-order valence-corrected chi connectivity index (χ2v) is 6.87. The molecule has 0 amide bonds. The maximum Gasteiger partial charge on any atom is 0.191 e. The quantitative estimate of drug-likeness (QED) is 0.743. The average molecular weight is 280 g/mol. The van der Waals surface area contributed by atoms with Crippen molar-refractivity contribution in [1.29, 1.82) is 0 Å². The van der Waals surface area contributed by atoms with Gasteiger partial charge in [0.05, 0.1) is 0 Å². The Kier molecular flexibility index (Phi) is 4.12. The van der Waals surface area contributed by atoms with Crippen molar-refractivity contribution in [3.8, 4) is 0 Å². The number of aromatic nitrogens is 3. The van der Waals surface area contributed by atoms with Gasteiger partial charge >= 0.3 is 0 Å². The SMILES string of the molecule is CCCNC(C)CSc1nnc(C2CC2)n1C1CC1. The van der Waals surface area contributed by atoms with E-state index in [4.69, 9.17) is 0 Å². The van der Waals surface area contributed by atoms with Crippen LogP contribution in [0.1, 0.15) is 63.7 Å². The fourth-order valence-electron chi connectivity index (χ4n) is 2.33. The Balaban J connectivity index is 1.60. The summed E-state index contributed by atoms with van der Waals surface area (Å²) in [5, 5.41) is 13.6. The van der Waals surface area contributed by atoms with Gasteiger partial charge in [0.25, 0.3) is 0 Å². The van der Waals surface area contributed by atoms with Crippen LogP contribution in [0.25, 0.3) is 0 Å². The van der Waals surface area contributed by atoms with Crippen molar-refractivity contribution in [1.82, 2.24) is 20.1 Å². The summed E-state index contributed by atoms with van der Waals surface area (Å²) in [5.74, 6) is 3.05. The highest BCUT2D eigenvalue weighted by Crippen LogP contribution is 2.45.